The first kappa shape index (κ1) is 16.6. The molecule has 128 valence electrons. The van der Waals surface area contributed by atoms with Crippen molar-refractivity contribution in [2.24, 2.45) is 0 Å². The first-order chi connectivity index (χ1) is 11.6. The third-order valence-electron chi connectivity index (χ3n) is 4.26. The van der Waals surface area contributed by atoms with Gasteiger partial charge in [0, 0.05) is 18.5 Å². The number of rotatable bonds is 5. The molecule has 1 aliphatic rings. The van der Waals surface area contributed by atoms with E-state index >= 15 is 0 Å². The molecule has 1 amide bonds. The van der Waals surface area contributed by atoms with E-state index in [1.807, 2.05) is 23.1 Å². The van der Waals surface area contributed by atoms with Gasteiger partial charge in [-0.2, -0.15) is 5.10 Å². The van der Waals surface area contributed by atoms with E-state index < -0.39 is 0 Å². The maximum Gasteiger partial charge on any atom is 0.274 e. The van der Waals surface area contributed by atoms with Gasteiger partial charge in [-0.15, -0.1) is 0 Å². The summed E-state index contributed by atoms with van der Waals surface area (Å²) in [6, 6.07) is 7.31. The summed E-state index contributed by atoms with van der Waals surface area (Å²) in [6.45, 7) is 2.32. The number of hydrogen-bond donors (Lipinski definition) is 2. The quantitative estimate of drug-likeness (QED) is 0.804. The Morgan fingerprint density at radius 2 is 2.21 bits per heavy atom. The number of carbonyl (C=O) groups excluding carboxylic acids is 1. The van der Waals surface area contributed by atoms with Crippen LogP contribution >= 0.6 is 0 Å². The van der Waals surface area contributed by atoms with Crippen molar-refractivity contribution in [1.82, 2.24) is 20.0 Å². The van der Waals surface area contributed by atoms with Gasteiger partial charge in [0.1, 0.15) is 0 Å². The number of aromatic nitrogens is 2. The highest BCUT2D eigenvalue weighted by molar-refractivity contribution is 5.80. The predicted octanol–water partition coefficient (Wildman–Crippen LogP) is -0.0306. The Morgan fingerprint density at radius 1 is 1.38 bits per heavy atom. The Bertz CT molecular complexity index is 774. The lowest BCUT2D eigenvalue weighted by molar-refractivity contribution is -0.122. The van der Waals surface area contributed by atoms with Crippen molar-refractivity contribution in [3.63, 3.8) is 0 Å². The number of fused-ring (bicyclic) bond motifs is 1. The molecule has 2 aromatic rings. The zero-order valence-electron chi connectivity index (χ0n) is 13.5. The average Bonchev–Trinajstić information content (AvgIpc) is 2.57. The Kier molecular flexibility index (Phi) is 5.22. The summed E-state index contributed by atoms with van der Waals surface area (Å²) in [6.07, 6.45) is 3.03. The highest BCUT2D eigenvalue weighted by Crippen LogP contribution is 2.09. The lowest BCUT2D eigenvalue weighted by atomic mass is 10.1. The van der Waals surface area contributed by atoms with Crippen LogP contribution in [0, 0.1) is 0 Å². The van der Waals surface area contributed by atoms with Gasteiger partial charge in [-0.25, -0.2) is 4.68 Å². The number of carbonyl (C=O) groups is 1. The van der Waals surface area contributed by atoms with E-state index in [4.69, 9.17) is 0 Å². The molecule has 1 fully saturated rings. The summed E-state index contributed by atoms with van der Waals surface area (Å²) in [5.41, 5.74) is -0.151. The van der Waals surface area contributed by atoms with E-state index in [0.717, 1.165) is 24.8 Å². The second-order valence-corrected chi connectivity index (χ2v) is 6.14. The van der Waals surface area contributed by atoms with Crippen LogP contribution in [0.15, 0.2) is 35.3 Å². The van der Waals surface area contributed by atoms with Gasteiger partial charge in [0.05, 0.1) is 30.8 Å². The molecule has 2 N–H and O–H groups in total. The van der Waals surface area contributed by atoms with Gasteiger partial charge < -0.3 is 10.4 Å². The number of benzene rings is 1. The summed E-state index contributed by atoms with van der Waals surface area (Å²) in [4.78, 5) is 26.2. The molecule has 0 aliphatic carbocycles. The van der Waals surface area contributed by atoms with Crippen molar-refractivity contribution < 1.29 is 9.90 Å². The molecule has 24 heavy (non-hydrogen) atoms. The topological polar surface area (TPSA) is 87.5 Å². The minimum absolute atomic E-state index is 0.0991. The van der Waals surface area contributed by atoms with E-state index in [9.17, 15) is 14.7 Å². The number of aliphatic hydroxyl groups is 1. The molecule has 3 rings (SSSR count). The van der Waals surface area contributed by atoms with Crippen LogP contribution in [0.25, 0.3) is 10.8 Å². The Balaban J connectivity index is 1.52. The van der Waals surface area contributed by atoms with E-state index in [-0.39, 0.29) is 24.1 Å². The number of likely N-dealkylation sites (tertiary alicyclic amines) is 1. The smallest absolute Gasteiger partial charge is 0.274 e. The largest absolute Gasteiger partial charge is 0.392 e. The molecule has 1 atom stereocenters. The van der Waals surface area contributed by atoms with Crippen molar-refractivity contribution >= 4 is 16.7 Å². The molecule has 1 aromatic carbocycles. The van der Waals surface area contributed by atoms with Gasteiger partial charge in [-0.1, -0.05) is 18.2 Å². The van der Waals surface area contributed by atoms with Crippen molar-refractivity contribution in [3.8, 4) is 0 Å². The molecule has 0 radical (unpaired) electrons. The van der Waals surface area contributed by atoms with Gasteiger partial charge in [0.25, 0.3) is 5.56 Å². The maximum atomic E-state index is 12.3. The number of nitrogens with one attached hydrogen (secondary N) is 1. The average molecular weight is 330 g/mol. The fraction of sp³-hybridized carbons (Fsp3) is 0.471. The van der Waals surface area contributed by atoms with Gasteiger partial charge in [0.2, 0.25) is 5.91 Å². The van der Waals surface area contributed by atoms with Crippen LogP contribution in [0.4, 0.5) is 0 Å². The zero-order valence-corrected chi connectivity index (χ0v) is 13.5. The number of nitrogens with zero attached hydrogens (tertiary/aromatic N) is 3. The number of hydrogen-bond acceptors (Lipinski definition) is 5. The maximum absolute atomic E-state index is 12.3. The molecule has 0 bridgehead atoms. The van der Waals surface area contributed by atoms with Crippen molar-refractivity contribution in [2.45, 2.75) is 25.5 Å². The van der Waals surface area contributed by atoms with E-state index in [0.29, 0.717) is 25.0 Å². The third kappa shape index (κ3) is 3.98. The van der Waals surface area contributed by atoms with Gasteiger partial charge >= 0.3 is 0 Å². The highest BCUT2D eigenvalue weighted by atomic mass is 16.3. The van der Waals surface area contributed by atoms with Crippen LogP contribution in [-0.4, -0.2) is 58.0 Å². The summed E-state index contributed by atoms with van der Waals surface area (Å²) >= 11 is 0. The molecule has 0 spiro atoms. The van der Waals surface area contributed by atoms with Crippen LogP contribution in [0.2, 0.25) is 0 Å². The molecule has 0 saturated carbocycles. The van der Waals surface area contributed by atoms with Gasteiger partial charge in [-0.05, 0) is 25.5 Å². The third-order valence-corrected chi connectivity index (χ3v) is 4.26. The fourth-order valence-electron chi connectivity index (χ4n) is 3.02. The van der Waals surface area contributed by atoms with E-state index in [1.165, 1.54) is 4.68 Å². The van der Waals surface area contributed by atoms with Crippen LogP contribution < -0.4 is 10.9 Å². The van der Waals surface area contributed by atoms with Gasteiger partial charge in [0.15, 0.2) is 0 Å². The molecule has 7 heteroatoms. The highest BCUT2D eigenvalue weighted by Gasteiger charge is 2.19. The molecule has 0 unspecified atom stereocenters. The Morgan fingerprint density at radius 3 is 3.04 bits per heavy atom. The second-order valence-electron chi connectivity index (χ2n) is 6.14. The van der Waals surface area contributed by atoms with E-state index in [1.54, 1.807) is 12.3 Å². The molecule has 1 aromatic heterocycles. The minimum Gasteiger partial charge on any atom is -0.392 e. The summed E-state index contributed by atoms with van der Waals surface area (Å²) < 4.78 is 1.37. The summed E-state index contributed by atoms with van der Waals surface area (Å²) in [7, 11) is 0. The lowest BCUT2D eigenvalue weighted by Crippen LogP contribution is -2.44. The van der Waals surface area contributed by atoms with Crippen molar-refractivity contribution in [1.29, 1.82) is 0 Å². The standard InChI is InChI=1S/C17H22N4O3/c22-14-5-3-8-20(11-14)12-16(23)18-7-9-21-17(24)15-6-2-1-4-13(15)10-19-21/h1-2,4,6,10,14,22H,3,5,7-9,11-12H2,(H,18,23)/t14-/m1/s1. The molecule has 1 saturated heterocycles. The number of β-amino-alcohol motifs (C(OH)–C–C–N with tert-alkyl or cyclic N) is 1. The zero-order chi connectivity index (χ0) is 16.9. The number of piperidine rings is 1. The minimum atomic E-state index is -0.341. The summed E-state index contributed by atoms with van der Waals surface area (Å²) in [5.74, 6) is -0.0991. The molecular weight excluding hydrogens is 308 g/mol. The van der Waals surface area contributed by atoms with Crippen LogP contribution in [0.3, 0.4) is 0 Å². The van der Waals surface area contributed by atoms with E-state index in [2.05, 4.69) is 10.4 Å². The predicted molar refractivity (Wildman–Crippen MR) is 90.7 cm³/mol. The van der Waals surface area contributed by atoms with Crippen molar-refractivity contribution in [2.75, 3.05) is 26.2 Å². The van der Waals surface area contributed by atoms with Crippen molar-refractivity contribution in [3.05, 3.63) is 40.8 Å². The normalized spacial score (nSPS) is 18.6. The molecule has 1 aliphatic heterocycles. The SMILES string of the molecule is O=C(CN1CCC[C@@H](O)C1)NCCn1ncc2ccccc2c1=O. The first-order valence-corrected chi connectivity index (χ1v) is 8.25. The van der Waals surface area contributed by atoms with Crippen LogP contribution in [-0.2, 0) is 11.3 Å². The monoisotopic (exact) mass is 330 g/mol. The number of aliphatic hydroxyl groups excluding tert-OH is 1. The fourth-order valence-corrected chi connectivity index (χ4v) is 3.02. The molecular formula is C17H22N4O3. The van der Waals surface area contributed by atoms with Crippen LogP contribution in [0.5, 0.6) is 0 Å². The molecule has 7 nitrogen and oxygen atoms in total. The Hall–Kier alpha value is -2.25. The first-order valence-electron chi connectivity index (χ1n) is 8.25. The molecule has 2 heterocycles. The van der Waals surface area contributed by atoms with Gasteiger partial charge in [-0.3, -0.25) is 14.5 Å². The second kappa shape index (κ2) is 7.55. The lowest BCUT2D eigenvalue weighted by Gasteiger charge is -2.29. The summed E-state index contributed by atoms with van der Waals surface area (Å²) in [5, 5.41) is 18.0. The Labute approximate surface area is 139 Å². The number of amides is 1. The van der Waals surface area contributed by atoms with Crippen LogP contribution in [0.1, 0.15) is 12.8 Å².